The lowest BCUT2D eigenvalue weighted by Crippen LogP contribution is -2.30. The van der Waals surface area contributed by atoms with Gasteiger partial charge in [-0.1, -0.05) is 18.2 Å². The fourth-order valence-corrected chi connectivity index (χ4v) is 1.64. The maximum Gasteiger partial charge on any atom is 0.317 e. The summed E-state index contributed by atoms with van der Waals surface area (Å²) in [7, 11) is 0. The molecule has 1 aromatic rings. The smallest absolute Gasteiger partial charge is 0.317 e. The Morgan fingerprint density at radius 1 is 1.47 bits per heavy atom. The number of benzene rings is 1. The van der Waals surface area contributed by atoms with Crippen molar-refractivity contribution >= 4 is 17.9 Å². The zero-order valence-electron chi connectivity index (χ0n) is 8.26. The van der Waals surface area contributed by atoms with Crippen molar-refractivity contribution in [1.29, 1.82) is 0 Å². The lowest BCUT2D eigenvalue weighted by Gasteiger charge is -2.16. The SMILES string of the molecule is O=C(O)CN1CC=Nc2ccccc2C1. The van der Waals surface area contributed by atoms with Gasteiger partial charge in [0.2, 0.25) is 0 Å². The minimum Gasteiger partial charge on any atom is -0.480 e. The minimum atomic E-state index is -0.803. The number of hydrogen-bond acceptors (Lipinski definition) is 3. The number of carbonyl (C=O) groups is 1. The molecule has 1 heterocycles. The lowest BCUT2D eigenvalue weighted by atomic mass is 10.2. The number of fused-ring (bicyclic) bond motifs is 1. The quantitative estimate of drug-likeness (QED) is 0.789. The molecular formula is C11H12N2O2. The van der Waals surface area contributed by atoms with Crippen LogP contribution in [0, 0.1) is 0 Å². The molecule has 0 aromatic heterocycles. The second kappa shape index (κ2) is 4.23. The number of rotatable bonds is 2. The van der Waals surface area contributed by atoms with Crippen molar-refractivity contribution in [2.75, 3.05) is 13.1 Å². The van der Waals surface area contributed by atoms with E-state index in [-0.39, 0.29) is 6.54 Å². The zero-order chi connectivity index (χ0) is 10.7. The molecule has 2 rings (SSSR count). The highest BCUT2D eigenvalue weighted by atomic mass is 16.4. The van der Waals surface area contributed by atoms with Crippen LogP contribution in [0.1, 0.15) is 5.56 Å². The van der Waals surface area contributed by atoms with E-state index in [0.29, 0.717) is 13.1 Å². The van der Waals surface area contributed by atoms with Gasteiger partial charge in [0.1, 0.15) is 0 Å². The Hall–Kier alpha value is -1.68. The van der Waals surface area contributed by atoms with E-state index in [1.807, 2.05) is 29.2 Å². The first-order valence-electron chi connectivity index (χ1n) is 4.80. The Morgan fingerprint density at radius 3 is 3.07 bits per heavy atom. The molecular weight excluding hydrogens is 192 g/mol. The number of para-hydroxylation sites is 1. The maximum absolute atomic E-state index is 10.6. The van der Waals surface area contributed by atoms with Gasteiger partial charge in [-0.05, 0) is 11.6 Å². The van der Waals surface area contributed by atoms with Gasteiger partial charge >= 0.3 is 5.97 Å². The number of carboxylic acid groups (broad SMARTS) is 1. The predicted octanol–water partition coefficient (Wildman–Crippen LogP) is 1.29. The number of carboxylic acids is 1. The van der Waals surface area contributed by atoms with E-state index >= 15 is 0 Å². The Bertz CT molecular complexity index is 401. The summed E-state index contributed by atoms with van der Waals surface area (Å²) >= 11 is 0. The summed E-state index contributed by atoms with van der Waals surface area (Å²) in [6.45, 7) is 1.28. The van der Waals surface area contributed by atoms with Crippen molar-refractivity contribution in [3.8, 4) is 0 Å². The number of hydrogen-bond donors (Lipinski definition) is 1. The molecule has 1 aromatic carbocycles. The van der Waals surface area contributed by atoms with Crippen LogP contribution >= 0.6 is 0 Å². The summed E-state index contributed by atoms with van der Waals surface area (Å²) in [5, 5.41) is 8.72. The van der Waals surface area contributed by atoms with E-state index in [1.165, 1.54) is 0 Å². The third kappa shape index (κ3) is 2.41. The first kappa shape index (κ1) is 9.86. The second-order valence-corrected chi connectivity index (χ2v) is 3.50. The van der Waals surface area contributed by atoms with Crippen molar-refractivity contribution < 1.29 is 9.90 Å². The third-order valence-electron chi connectivity index (χ3n) is 2.31. The Balaban J connectivity index is 2.19. The summed E-state index contributed by atoms with van der Waals surface area (Å²) in [6, 6.07) is 7.80. The molecule has 0 unspecified atom stereocenters. The van der Waals surface area contributed by atoms with Crippen LogP contribution < -0.4 is 0 Å². The highest BCUT2D eigenvalue weighted by molar-refractivity contribution is 5.72. The molecule has 0 saturated carbocycles. The average molecular weight is 204 g/mol. The Morgan fingerprint density at radius 2 is 2.27 bits per heavy atom. The molecule has 0 aliphatic carbocycles. The summed E-state index contributed by atoms with van der Waals surface area (Å²) < 4.78 is 0. The van der Waals surface area contributed by atoms with Gasteiger partial charge in [0.05, 0.1) is 12.2 Å². The molecule has 0 fully saturated rings. The van der Waals surface area contributed by atoms with Gasteiger partial charge in [-0.15, -0.1) is 0 Å². The predicted molar refractivity (Wildman–Crippen MR) is 57.5 cm³/mol. The van der Waals surface area contributed by atoms with E-state index in [4.69, 9.17) is 5.11 Å². The summed E-state index contributed by atoms with van der Waals surface area (Å²) in [6.07, 6.45) is 1.76. The molecule has 1 aliphatic rings. The van der Waals surface area contributed by atoms with Gasteiger partial charge in [0, 0.05) is 19.3 Å². The summed E-state index contributed by atoms with van der Waals surface area (Å²) in [4.78, 5) is 16.7. The van der Waals surface area contributed by atoms with Crippen LogP contribution in [0.5, 0.6) is 0 Å². The van der Waals surface area contributed by atoms with Gasteiger partial charge in [-0.25, -0.2) is 0 Å². The van der Waals surface area contributed by atoms with Crippen LogP contribution in [-0.2, 0) is 11.3 Å². The number of aliphatic carboxylic acids is 1. The van der Waals surface area contributed by atoms with Crippen LogP contribution in [0.4, 0.5) is 5.69 Å². The van der Waals surface area contributed by atoms with Crippen molar-refractivity contribution in [3.05, 3.63) is 29.8 Å². The molecule has 15 heavy (non-hydrogen) atoms. The molecule has 0 saturated heterocycles. The molecule has 4 nitrogen and oxygen atoms in total. The highest BCUT2D eigenvalue weighted by Gasteiger charge is 2.13. The van der Waals surface area contributed by atoms with Crippen LogP contribution in [0.15, 0.2) is 29.3 Å². The van der Waals surface area contributed by atoms with Gasteiger partial charge < -0.3 is 5.11 Å². The van der Waals surface area contributed by atoms with Gasteiger partial charge in [0.15, 0.2) is 0 Å². The fraction of sp³-hybridized carbons (Fsp3) is 0.273. The topological polar surface area (TPSA) is 52.9 Å². The van der Waals surface area contributed by atoms with Crippen molar-refractivity contribution in [3.63, 3.8) is 0 Å². The first-order valence-corrected chi connectivity index (χ1v) is 4.80. The molecule has 0 amide bonds. The monoisotopic (exact) mass is 204 g/mol. The van der Waals surface area contributed by atoms with Gasteiger partial charge in [-0.2, -0.15) is 0 Å². The summed E-state index contributed by atoms with van der Waals surface area (Å²) in [5.74, 6) is -0.803. The Kier molecular flexibility index (Phi) is 2.78. The van der Waals surface area contributed by atoms with Crippen molar-refractivity contribution in [2.24, 2.45) is 4.99 Å². The average Bonchev–Trinajstić information content (AvgIpc) is 2.38. The van der Waals surface area contributed by atoms with E-state index < -0.39 is 5.97 Å². The van der Waals surface area contributed by atoms with E-state index in [0.717, 1.165) is 11.3 Å². The van der Waals surface area contributed by atoms with E-state index in [9.17, 15) is 4.79 Å². The molecule has 0 bridgehead atoms. The van der Waals surface area contributed by atoms with Crippen LogP contribution in [0.2, 0.25) is 0 Å². The first-order chi connectivity index (χ1) is 7.25. The van der Waals surface area contributed by atoms with Crippen molar-refractivity contribution in [1.82, 2.24) is 4.90 Å². The van der Waals surface area contributed by atoms with E-state index in [2.05, 4.69) is 4.99 Å². The standard InChI is InChI=1S/C11H12N2O2/c14-11(15)8-13-6-5-12-10-4-2-1-3-9(10)7-13/h1-5H,6-8H2,(H,14,15). The zero-order valence-corrected chi connectivity index (χ0v) is 8.26. The van der Waals surface area contributed by atoms with Crippen LogP contribution in [0.25, 0.3) is 0 Å². The normalized spacial score (nSPS) is 15.7. The third-order valence-corrected chi connectivity index (χ3v) is 2.31. The largest absolute Gasteiger partial charge is 0.480 e. The number of nitrogens with zero attached hydrogens (tertiary/aromatic N) is 2. The van der Waals surface area contributed by atoms with Gasteiger partial charge in [-0.3, -0.25) is 14.7 Å². The Labute approximate surface area is 87.9 Å². The van der Waals surface area contributed by atoms with E-state index in [1.54, 1.807) is 6.21 Å². The van der Waals surface area contributed by atoms with Crippen molar-refractivity contribution in [2.45, 2.75) is 6.54 Å². The minimum absolute atomic E-state index is 0.0559. The van der Waals surface area contributed by atoms with Gasteiger partial charge in [0.25, 0.3) is 0 Å². The lowest BCUT2D eigenvalue weighted by molar-refractivity contribution is -0.138. The molecule has 4 heteroatoms. The molecule has 0 atom stereocenters. The van der Waals surface area contributed by atoms with Crippen LogP contribution in [0.3, 0.4) is 0 Å². The fourth-order valence-electron chi connectivity index (χ4n) is 1.64. The molecule has 0 radical (unpaired) electrons. The highest BCUT2D eigenvalue weighted by Crippen LogP contribution is 2.21. The molecule has 1 N–H and O–H groups in total. The summed E-state index contributed by atoms with van der Waals surface area (Å²) in [5.41, 5.74) is 2.01. The number of aliphatic imine (C=N–C) groups is 1. The molecule has 1 aliphatic heterocycles. The van der Waals surface area contributed by atoms with Crippen LogP contribution in [-0.4, -0.2) is 35.3 Å². The maximum atomic E-state index is 10.6. The molecule has 0 spiro atoms. The second-order valence-electron chi connectivity index (χ2n) is 3.50. The molecule has 78 valence electrons.